The third-order valence-electron chi connectivity index (χ3n) is 5.03. The second-order valence-electron chi connectivity index (χ2n) is 7.60. The van der Waals surface area contributed by atoms with Crippen LogP contribution in [-0.2, 0) is 15.1 Å². The number of methoxy groups -OCH3 is 1. The molecule has 6 heteroatoms. The molecule has 0 amide bonds. The molecule has 3 rings (SSSR count). The number of rotatable bonds is 4. The molecule has 3 heterocycles. The number of pyridine rings is 1. The van der Waals surface area contributed by atoms with Crippen molar-refractivity contribution in [3.8, 4) is 0 Å². The minimum absolute atomic E-state index is 0.340. The van der Waals surface area contributed by atoms with Gasteiger partial charge >= 0.3 is 0 Å². The molecule has 2 aromatic rings. The van der Waals surface area contributed by atoms with Gasteiger partial charge in [-0.3, -0.25) is 5.10 Å². The van der Waals surface area contributed by atoms with Crippen LogP contribution in [0.1, 0.15) is 50.2 Å². The van der Waals surface area contributed by atoms with E-state index in [1.165, 1.54) is 5.56 Å². The van der Waals surface area contributed by atoms with Gasteiger partial charge in [-0.25, -0.2) is 4.98 Å². The number of anilines is 1. The van der Waals surface area contributed by atoms with E-state index in [0.717, 1.165) is 42.5 Å². The van der Waals surface area contributed by atoms with Crippen molar-refractivity contribution < 1.29 is 9.47 Å². The zero-order valence-corrected chi connectivity index (χ0v) is 18.2. The van der Waals surface area contributed by atoms with Gasteiger partial charge in [0.15, 0.2) is 0 Å². The molecule has 6 nitrogen and oxygen atoms in total. The van der Waals surface area contributed by atoms with Gasteiger partial charge in [-0.15, -0.1) is 0 Å². The molecule has 0 spiro atoms. The van der Waals surface area contributed by atoms with E-state index in [4.69, 9.17) is 14.5 Å². The molecule has 0 aromatic carbocycles. The molecule has 28 heavy (non-hydrogen) atoms. The molecule has 1 saturated heterocycles. The predicted molar refractivity (Wildman–Crippen MR) is 115 cm³/mol. The Kier molecular flexibility index (Phi) is 7.78. The average Bonchev–Trinajstić information content (AvgIpc) is 3.15. The van der Waals surface area contributed by atoms with Crippen LogP contribution in [0.4, 0.5) is 5.82 Å². The van der Waals surface area contributed by atoms with E-state index in [9.17, 15) is 0 Å². The number of nitrogens with one attached hydrogen (secondary N) is 1. The van der Waals surface area contributed by atoms with Gasteiger partial charge in [0.1, 0.15) is 5.82 Å². The first-order chi connectivity index (χ1) is 13.3. The molecular weight excluding hydrogens is 352 g/mol. The van der Waals surface area contributed by atoms with E-state index in [1.54, 1.807) is 13.3 Å². The van der Waals surface area contributed by atoms with Crippen LogP contribution in [0.3, 0.4) is 0 Å². The van der Waals surface area contributed by atoms with Crippen molar-refractivity contribution in [2.45, 2.75) is 53.2 Å². The topological polar surface area (TPSA) is 63.3 Å². The van der Waals surface area contributed by atoms with Crippen molar-refractivity contribution in [3.05, 3.63) is 46.9 Å². The maximum absolute atomic E-state index is 5.73. The van der Waals surface area contributed by atoms with Crippen molar-refractivity contribution in [2.24, 2.45) is 0 Å². The maximum Gasteiger partial charge on any atom is 0.129 e. The lowest BCUT2D eigenvalue weighted by atomic mass is 9.92. The molecule has 1 unspecified atom stereocenters. The van der Waals surface area contributed by atoms with Gasteiger partial charge in [-0.1, -0.05) is 12.2 Å². The van der Waals surface area contributed by atoms with Gasteiger partial charge in [-0.2, -0.15) is 5.10 Å². The van der Waals surface area contributed by atoms with E-state index in [0.29, 0.717) is 6.04 Å². The van der Waals surface area contributed by atoms with Crippen molar-refractivity contribution in [1.82, 2.24) is 15.2 Å². The fraction of sp³-hybridized carbons (Fsp3) is 0.545. The minimum Gasteiger partial charge on any atom is -0.377 e. The van der Waals surface area contributed by atoms with Gasteiger partial charge in [0.25, 0.3) is 0 Å². The Morgan fingerprint density at radius 3 is 2.61 bits per heavy atom. The average molecular weight is 387 g/mol. The van der Waals surface area contributed by atoms with Gasteiger partial charge < -0.3 is 14.4 Å². The third kappa shape index (κ3) is 5.42. The summed E-state index contributed by atoms with van der Waals surface area (Å²) in [6, 6.07) is 4.43. The Morgan fingerprint density at radius 2 is 2.11 bits per heavy atom. The Hall–Kier alpha value is -2.18. The Labute approximate surface area is 169 Å². The summed E-state index contributed by atoms with van der Waals surface area (Å²) in [5.41, 5.74) is 4.12. The van der Waals surface area contributed by atoms with Crippen LogP contribution >= 0.6 is 0 Å². The predicted octanol–water partition coefficient (Wildman–Crippen LogP) is 4.25. The second kappa shape index (κ2) is 9.85. The molecule has 154 valence electrons. The number of aromatic nitrogens is 3. The summed E-state index contributed by atoms with van der Waals surface area (Å²) in [4.78, 5) is 7.16. The SMILES string of the molecule is C/C=C\c1c(C(C)(C)OC)cc(N2CCOCC2C)nc1C.Cc1ccn[nH]1. The Balaban J connectivity index is 0.000000397. The number of aryl methyl sites for hydroxylation is 2. The first kappa shape index (κ1) is 22.1. The van der Waals surface area contributed by atoms with Gasteiger partial charge in [0.05, 0.1) is 24.9 Å². The van der Waals surface area contributed by atoms with E-state index in [2.05, 4.69) is 61.0 Å². The molecule has 1 fully saturated rings. The lowest BCUT2D eigenvalue weighted by Gasteiger charge is -2.36. The summed E-state index contributed by atoms with van der Waals surface area (Å²) in [6.45, 7) is 14.8. The summed E-state index contributed by atoms with van der Waals surface area (Å²) in [6.07, 6.45) is 5.90. The number of aromatic amines is 1. The van der Waals surface area contributed by atoms with Gasteiger partial charge in [0.2, 0.25) is 0 Å². The van der Waals surface area contributed by atoms with Crippen LogP contribution < -0.4 is 4.90 Å². The van der Waals surface area contributed by atoms with Crippen molar-refractivity contribution in [2.75, 3.05) is 31.8 Å². The van der Waals surface area contributed by atoms with E-state index >= 15 is 0 Å². The standard InChI is InChI=1S/C18H28N2O2.C4H6N2/c1-7-8-15-14(3)19-17(11-16(15)18(4,5)21-6)20-9-10-22-12-13(20)2;1-4-2-3-5-6-4/h7-8,11,13H,9-10,12H2,1-6H3;2-3H,1H3,(H,5,6)/b8-7-;. The summed E-state index contributed by atoms with van der Waals surface area (Å²) >= 11 is 0. The van der Waals surface area contributed by atoms with Gasteiger partial charge in [-0.05, 0) is 59.2 Å². The molecule has 0 bridgehead atoms. The largest absolute Gasteiger partial charge is 0.377 e. The maximum atomic E-state index is 5.73. The fourth-order valence-corrected chi connectivity index (χ4v) is 3.19. The molecule has 2 aromatic heterocycles. The smallest absolute Gasteiger partial charge is 0.129 e. The van der Waals surface area contributed by atoms with Crippen LogP contribution in [0, 0.1) is 13.8 Å². The summed E-state index contributed by atoms with van der Waals surface area (Å²) in [7, 11) is 1.76. The van der Waals surface area contributed by atoms with Crippen molar-refractivity contribution in [3.63, 3.8) is 0 Å². The number of hydrogen-bond donors (Lipinski definition) is 1. The number of ether oxygens (including phenoxy) is 2. The third-order valence-corrected chi connectivity index (χ3v) is 5.03. The summed E-state index contributed by atoms with van der Waals surface area (Å²) < 4.78 is 11.3. The number of nitrogens with zero attached hydrogens (tertiary/aromatic N) is 3. The molecule has 1 aliphatic rings. The first-order valence-electron chi connectivity index (χ1n) is 9.80. The highest BCUT2D eigenvalue weighted by atomic mass is 16.5. The van der Waals surface area contributed by atoms with E-state index in [1.807, 2.05) is 19.9 Å². The van der Waals surface area contributed by atoms with Crippen molar-refractivity contribution in [1.29, 1.82) is 0 Å². The normalized spacial score (nSPS) is 17.5. The fourth-order valence-electron chi connectivity index (χ4n) is 3.19. The molecule has 1 aliphatic heterocycles. The summed E-state index contributed by atoms with van der Waals surface area (Å²) in [5.74, 6) is 1.02. The monoisotopic (exact) mass is 386 g/mol. The molecule has 1 atom stereocenters. The highest BCUT2D eigenvalue weighted by Crippen LogP contribution is 2.33. The zero-order chi connectivity index (χ0) is 20.7. The molecular formula is C22H34N4O2. The van der Waals surface area contributed by atoms with Crippen molar-refractivity contribution >= 4 is 11.9 Å². The summed E-state index contributed by atoms with van der Waals surface area (Å²) in [5, 5.41) is 6.45. The number of morpholine rings is 1. The first-order valence-corrected chi connectivity index (χ1v) is 9.80. The van der Waals surface area contributed by atoms with Crippen LogP contribution in [0.5, 0.6) is 0 Å². The number of hydrogen-bond acceptors (Lipinski definition) is 5. The van der Waals surface area contributed by atoms with E-state index in [-0.39, 0.29) is 5.60 Å². The number of H-pyrrole nitrogens is 1. The van der Waals surface area contributed by atoms with Gasteiger partial charge in [0, 0.05) is 36.8 Å². The molecule has 0 radical (unpaired) electrons. The Morgan fingerprint density at radius 1 is 1.36 bits per heavy atom. The minimum atomic E-state index is -0.354. The lowest BCUT2D eigenvalue weighted by Crippen LogP contribution is -2.44. The Bertz CT molecular complexity index is 769. The lowest BCUT2D eigenvalue weighted by molar-refractivity contribution is 0.0189. The quantitative estimate of drug-likeness (QED) is 0.851. The van der Waals surface area contributed by atoms with Crippen LogP contribution in [0.25, 0.3) is 6.08 Å². The zero-order valence-electron chi connectivity index (χ0n) is 18.2. The highest BCUT2D eigenvalue weighted by molar-refractivity contribution is 5.61. The van der Waals surface area contributed by atoms with Crippen LogP contribution in [0.15, 0.2) is 24.4 Å². The van der Waals surface area contributed by atoms with Crippen LogP contribution in [0.2, 0.25) is 0 Å². The molecule has 1 N–H and O–H groups in total. The van der Waals surface area contributed by atoms with E-state index < -0.39 is 0 Å². The number of allylic oxidation sites excluding steroid dienone is 1. The second-order valence-corrected chi connectivity index (χ2v) is 7.60. The molecule has 0 aliphatic carbocycles. The van der Waals surface area contributed by atoms with Crippen LogP contribution in [-0.4, -0.2) is 48.1 Å². The molecule has 0 saturated carbocycles. The highest BCUT2D eigenvalue weighted by Gasteiger charge is 2.27.